The highest BCUT2D eigenvalue weighted by molar-refractivity contribution is 5.97. The van der Waals surface area contributed by atoms with Gasteiger partial charge in [-0.1, -0.05) is 17.3 Å². The molecule has 1 fully saturated rings. The van der Waals surface area contributed by atoms with Crippen molar-refractivity contribution in [1.29, 1.82) is 0 Å². The number of tetrazole rings is 1. The SMILES string of the molecule is O=C(c1ccccc1-n1cnnc1)N1CCOC(c2nn[nH]n2)C1. The zero-order valence-electron chi connectivity index (χ0n) is 12.6. The van der Waals surface area contributed by atoms with Crippen molar-refractivity contribution in [2.75, 3.05) is 19.7 Å². The van der Waals surface area contributed by atoms with Crippen molar-refractivity contribution in [3.05, 3.63) is 48.3 Å². The summed E-state index contributed by atoms with van der Waals surface area (Å²) in [6.07, 6.45) is 2.74. The molecule has 10 nitrogen and oxygen atoms in total. The number of morpholine rings is 1. The van der Waals surface area contributed by atoms with Gasteiger partial charge in [-0.05, 0) is 12.1 Å². The van der Waals surface area contributed by atoms with Gasteiger partial charge in [-0.3, -0.25) is 9.36 Å². The Morgan fingerprint density at radius 2 is 2.08 bits per heavy atom. The van der Waals surface area contributed by atoms with Crippen LogP contribution in [0.3, 0.4) is 0 Å². The van der Waals surface area contributed by atoms with Crippen LogP contribution < -0.4 is 0 Å². The lowest BCUT2D eigenvalue weighted by Crippen LogP contribution is -2.42. The number of aromatic nitrogens is 7. The van der Waals surface area contributed by atoms with Gasteiger partial charge in [0.1, 0.15) is 18.8 Å². The van der Waals surface area contributed by atoms with Crippen LogP contribution >= 0.6 is 0 Å². The van der Waals surface area contributed by atoms with Gasteiger partial charge in [-0.15, -0.1) is 20.4 Å². The van der Waals surface area contributed by atoms with Gasteiger partial charge in [0, 0.05) is 6.54 Å². The fraction of sp³-hybridized carbons (Fsp3) is 0.286. The standard InChI is InChI=1S/C14H14N8O2/c23-14(10-3-1-2-4-11(10)22-8-15-16-9-22)21-5-6-24-12(7-21)13-17-19-20-18-13/h1-4,8-9,12H,5-7H2,(H,17,18,19,20). The van der Waals surface area contributed by atoms with E-state index in [0.29, 0.717) is 31.1 Å². The molecule has 0 bridgehead atoms. The summed E-state index contributed by atoms with van der Waals surface area (Å²) in [6.45, 7) is 1.29. The minimum absolute atomic E-state index is 0.0869. The lowest BCUT2D eigenvalue weighted by atomic mass is 10.1. The second-order valence-corrected chi connectivity index (χ2v) is 5.27. The highest BCUT2D eigenvalue weighted by Gasteiger charge is 2.29. The molecule has 3 aromatic rings. The van der Waals surface area contributed by atoms with Crippen LogP contribution in [-0.4, -0.2) is 65.9 Å². The molecule has 3 heterocycles. The predicted molar refractivity (Wildman–Crippen MR) is 80.1 cm³/mol. The number of H-pyrrole nitrogens is 1. The molecule has 1 aliphatic rings. The second-order valence-electron chi connectivity index (χ2n) is 5.27. The molecule has 0 spiro atoms. The highest BCUT2D eigenvalue weighted by atomic mass is 16.5. The van der Waals surface area contributed by atoms with Gasteiger partial charge in [0.05, 0.1) is 24.4 Å². The van der Waals surface area contributed by atoms with E-state index in [1.165, 1.54) is 0 Å². The molecule has 2 aromatic heterocycles. The van der Waals surface area contributed by atoms with Crippen molar-refractivity contribution in [1.82, 2.24) is 40.3 Å². The molecule has 0 aliphatic carbocycles. The summed E-state index contributed by atoms with van der Waals surface area (Å²) in [7, 11) is 0. The number of ether oxygens (including phenoxy) is 1. The van der Waals surface area contributed by atoms with Gasteiger partial charge < -0.3 is 9.64 Å². The average Bonchev–Trinajstić information content (AvgIpc) is 3.35. The molecule has 1 unspecified atom stereocenters. The molecule has 1 amide bonds. The molecular formula is C14H14N8O2. The zero-order chi connectivity index (χ0) is 16.4. The Morgan fingerprint density at radius 3 is 2.88 bits per heavy atom. The molecule has 24 heavy (non-hydrogen) atoms. The van der Waals surface area contributed by atoms with E-state index in [1.54, 1.807) is 28.2 Å². The smallest absolute Gasteiger partial charge is 0.256 e. The first-order chi connectivity index (χ1) is 11.8. The monoisotopic (exact) mass is 326 g/mol. The number of para-hydroxylation sites is 1. The first kappa shape index (κ1) is 14.5. The van der Waals surface area contributed by atoms with E-state index >= 15 is 0 Å². The van der Waals surface area contributed by atoms with Crippen molar-refractivity contribution in [3.8, 4) is 5.69 Å². The topological polar surface area (TPSA) is 115 Å². The summed E-state index contributed by atoms with van der Waals surface area (Å²) >= 11 is 0. The lowest BCUT2D eigenvalue weighted by Gasteiger charge is -2.31. The minimum Gasteiger partial charge on any atom is -0.366 e. The second kappa shape index (κ2) is 6.16. The van der Waals surface area contributed by atoms with Crippen molar-refractivity contribution in [2.24, 2.45) is 0 Å². The van der Waals surface area contributed by atoms with Crippen LogP contribution in [-0.2, 0) is 4.74 Å². The Kier molecular flexibility index (Phi) is 3.71. The fourth-order valence-electron chi connectivity index (χ4n) is 2.67. The predicted octanol–water partition coefficient (Wildman–Crippen LogP) is -0.00590. The lowest BCUT2D eigenvalue weighted by molar-refractivity contribution is -0.0268. The van der Waals surface area contributed by atoms with Crippen molar-refractivity contribution in [3.63, 3.8) is 0 Å². The first-order valence-electron chi connectivity index (χ1n) is 7.41. The van der Waals surface area contributed by atoms with Gasteiger partial charge in [-0.25, -0.2) is 0 Å². The maximum absolute atomic E-state index is 13.0. The summed E-state index contributed by atoms with van der Waals surface area (Å²) in [4.78, 5) is 14.7. The number of amides is 1. The number of aromatic amines is 1. The molecule has 1 aromatic carbocycles. The van der Waals surface area contributed by atoms with Crippen LogP contribution in [0.1, 0.15) is 22.3 Å². The molecule has 122 valence electrons. The zero-order valence-corrected chi connectivity index (χ0v) is 12.6. The Balaban J connectivity index is 1.60. The van der Waals surface area contributed by atoms with Crippen LogP contribution in [0, 0.1) is 0 Å². The van der Waals surface area contributed by atoms with Gasteiger partial charge in [0.15, 0.2) is 0 Å². The molecule has 4 rings (SSSR count). The summed E-state index contributed by atoms with van der Waals surface area (Å²) in [6, 6.07) is 7.34. The van der Waals surface area contributed by atoms with Crippen LogP contribution in [0.4, 0.5) is 0 Å². The number of benzene rings is 1. The summed E-state index contributed by atoms with van der Waals surface area (Å²) < 4.78 is 7.35. The number of hydrogen-bond acceptors (Lipinski definition) is 7. The van der Waals surface area contributed by atoms with E-state index in [1.807, 2.05) is 18.2 Å². The van der Waals surface area contributed by atoms with E-state index in [9.17, 15) is 4.79 Å². The Hall–Kier alpha value is -3.14. The van der Waals surface area contributed by atoms with E-state index in [0.717, 1.165) is 5.69 Å². The maximum atomic E-state index is 13.0. The Morgan fingerprint density at radius 1 is 1.25 bits per heavy atom. The minimum atomic E-state index is -0.386. The van der Waals surface area contributed by atoms with Crippen molar-refractivity contribution < 1.29 is 9.53 Å². The number of carbonyl (C=O) groups excluding carboxylic acids is 1. The Bertz CT molecular complexity index is 817. The maximum Gasteiger partial charge on any atom is 0.256 e. The van der Waals surface area contributed by atoms with Crippen LogP contribution in [0.2, 0.25) is 0 Å². The van der Waals surface area contributed by atoms with Gasteiger partial charge in [-0.2, -0.15) is 5.21 Å². The fourth-order valence-corrected chi connectivity index (χ4v) is 2.67. The molecular weight excluding hydrogens is 312 g/mol. The van der Waals surface area contributed by atoms with Gasteiger partial charge in [0.2, 0.25) is 5.82 Å². The first-order valence-corrected chi connectivity index (χ1v) is 7.41. The Labute approximate surface area is 136 Å². The third kappa shape index (κ3) is 2.63. The summed E-state index contributed by atoms with van der Waals surface area (Å²) in [5, 5.41) is 21.4. The number of nitrogens with zero attached hydrogens (tertiary/aromatic N) is 7. The third-order valence-electron chi connectivity index (χ3n) is 3.83. The molecule has 1 saturated heterocycles. The van der Waals surface area contributed by atoms with E-state index < -0.39 is 0 Å². The third-order valence-corrected chi connectivity index (χ3v) is 3.83. The highest BCUT2D eigenvalue weighted by Crippen LogP contribution is 2.22. The largest absolute Gasteiger partial charge is 0.366 e. The number of nitrogens with one attached hydrogen (secondary N) is 1. The van der Waals surface area contributed by atoms with Gasteiger partial charge in [0.25, 0.3) is 5.91 Å². The van der Waals surface area contributed by atoms with E-state index in [-0.39, 0.29) is 12.0 Å². The molecule has 10 heteroatoms. The molecule has 1 atom stereocenters. The van der Waals surface area contributed by atoms with Crippen LogP contribution in [0.25, 0.3) is 5.69 Å². The molecule has 0 radical (unpaired) electrons. The van der Waals surface area contributed by atoms with Gasteiger partial charge >= 0.3 is 0 Å². The average molecular weight is 326 g/mol. The van der Waals surface area contributed by atoms with Crippen molar-refractivity contribution >= 4 is 5.91 Å². The van der Waals surface area contributed by atoms with E-state index in [2.05, 4.69) is 30.8 Å². The quantitative estimate of drug-likeness (QED) is 0.720. The molecule has 1 aliphatic heterocycles. The summed E-state index contributed by atoms with van der Waals surface area (Å²) in [5.74, 6) is 0.357. The van der Waals surface area contributed by atoms with Crippen molar-refractivity contribution in [2.45, 2.75) is 6.10 Å². The number of carbonyl (C=O) groups is 1. The summed E-state index contributed by atoms with van der Waals surface area (Å²) in [5.41, 5.74) is 1.31. The number of hydrogen-bond donors (Lipinski definition) is 1. The number of rotatable bonds is 3. The van der Waals surface area contributed by atoms with E-state index in [4.69, 9.17) is 4.74 Å². The normalized spacial score (nSPS) is 17.8. The molecule has 1 N–H and O–H groups in total. The molecule has 0 saturated carbocycles. The van der Waals surface area contributed by atoms with Crippen LogP contribution in [0.5, 0.6) is 0 Å². The van der Waals surface area contributed by atoms with Crippen LogP contribution in [0.15, 0.2) is 36.9 Å².